The van der Waals surface area contributed by atoms with Crippen LogP contribution in [-0.4, -0.2) is 51.5 Å². The van der Waals surface area contributed by atoms with E-state index >= 15 is 0 Å². The number of likely N-dealkylation sites (N-methyl/N-ethyl adjacent to an activating group) is 1. The van der Waals surface area contributed by atoms with Crippen LogP contribution in [0.4, 0.5) is 0 Å². The summed E-state index contributed by atoms with van der Waals surface area (Å²) in [4.78, 5) is 28.1. The number of rotatable bonds is 6. The third-order valence-electron chi connectivity index (χ3n) is 4.67. The quantitative estimate of drug-likeness (QED) is 0.807. The van der Waals surface area contributed by atoms with E-state index in [9.17, 15) is 9.59 Å². The zero-order valence-electron chi connectivity index (χ0n) is 14.8. The number of nitrogens with zero attached hydrogens (tertiary/aromatic N) is 4. The van der Waals surface area contributed by atoms with E-state index < -0.39 is 0 Å². The van der Waals surface area contributed by atoms with Gasteiger partial charge in [-0.05, 0) is 12.5 Å². The number of aromatic nitrogens is 2. The maximum atomic E-state index is 12.5. The molecule has 0 spiro atoms. The first-order valence-electron chi connectivity index (χ1n) is 8.64. The van der Waals surface area contributed by atoms with Crippen LogP contribution in [0.5, 0.6) is 0 Å². The van der Waals surface area contributed by atoms with Gasteiger partial charge in [0.2, 0.25) is 11.8 Å². The summed E-state index contributed by atoms with van der Waals surface area (Å²) in [6.45, 7) is 4.08. The molecule has 132 valence electrons. The van der Waals surface area contributed by atoms with Gasteiger partial charge in [-0.3, -0.25) is 14.3 Å². The van der Waals surface area contributed by atoms with Crippen molar-refractivity contribution in [2.75, 3.05) is 20.1 Å². The summed E-state index contributed by atoms with van der Waals surface area (Å²) in [6, 6.07) is 10.0. The van der Waals surface area contributed by atoms with E-state index in [1.165, 1.54) is 0 Å². The Balaban J connectivity index is 1.56. The second-order valence-electron chi connectivity index (χ2n) is 6.54. The fraction of sp³-hybridized carbons (Fsp3) is 0.421. The van der Waals surface area contributed by atoms with E-state index in [-0.39, 0.29) is 24.3 Å². The predicted octanol–water partition coefficient (Wildman–Crippen LogP) is 1.88. The highest BCUT2D eigenvalue weighted by atomic mass is 16.2. The summed E-state index contributed by atoms with van der Waals surface area (Å²) < 4.78 is 1.84. The molecule has 25 heavy (non-hydrogen) atoms. The summed E-state index contributed by atoms with van der Waals surface area (Å²) >= 11 is 0. The Morgan fingerprint density at radius 3 is 2.76 bits per heavy atom. The Labute approximate surface area is 148 Å². The molecule has 1 atom stereocenters. The molecule has 0 radical (unpaired) electrons. The number of aryl methyl sites for hydroxylation is 1. The van der Waals surface area contributed by atoms with Crippen LogP contribution in [0, 0.1) is 0 Å². The number of hydrogen-bond acceptors (Lipinski definition) is 3. The molecule has 0 unspecified atom stereocenters. The lowest BCUT2D eigenvalue weighted by atomic mass is 9.99. The monoisotopic (exact) mass is 340 g/mol. The molecule has 1 aromatic heterocycles. The van der Waals surface area contributed by atoms with Gasteiger partial charge in [-0.15, -0.1) is 0 Å². The lowest BCUT2D eigenvalue weighted by molar-refractivity contribution is -0.137. The molecule has 0 saturated carbocycles. The van der Waals surface area contributed by atoms with Crippen molar-refractivity contribution < 1.29 is 9.59 Å². The average Bonchev–Trinajstić information content (AvgIpc) is 3.22. The lowest BCUT2D eigenvalue weighted by Gasteiger charge is -2.21. The Kier molecular flexibility index (Phi) is 5.16. The largest absolute Gasteiger partial charge is 0.340 e. The van der Waals surface area contributed by atoms with Gasteiger partial charge < -0.3 is 9.80 Å². The van der Waals surface area contributed by atoms with Gasteiger partial charge in [-0.2, -0.15) is 5.10 Å². The van der Waals surface area contributed by atoms with Gasteiger partial charge in [0.05, 0.1) is 12.7 Å². The summed E-state index contributed by atoms with van der Waals surface area (Å²) in [5.41, 5.74) is 2.15. The van der Waals surface area contributed by atoms with Crippen molar-refractivity contribution in [3.05, 3.63) is 53.9 Å². The van der Waals surface area contributed by atoms with Crippen molar-refractivity contribution in [3.63, 3.8) is 0 Å². The molecular formula is C19H24N4O2. The molecule has 0 aliphatic carbocycles. The first-order chi connectivity index (χ1) is 12.1. The van der Waals surface area contributed by atoms with Gasteiger partial charge >= 0.3 is 0 Å². The van der Waals surface area contributed by atoms with Crippen LogP contribution in [0.15, 0.2) is 42.7 Å². The molecule has 6 heteroatoms. The van der Waals surface area contributed by atoms with Gasteiger partial charge in [0.25, 0.3) is 0 Å². The summed E-state index contributed by atoms with van der Waals surface area (Å²) in [7, 11) is 1.76. The normalized spacial score (nSPS) is 17.1. The second-order valence-corrected chi connectivity index (χ2v) is 6.54. The van der Waals surface area contributed by atoms with Crippen LogP contribution in [-0.2, 0) is 22.7 Å². The Morgan fingerprint density at radius 2 is 2.08 bits per heavy atom. The third-order valence-corrected chi connectivity index (χ3v) is 4.67. The Morgan fingerprint density at radius 1 is 1.32 bits per heavy atom. The van der Waals surface area contributed by atoms with Crippen LogP contribution in [0.25, 0.3) is 0 Å². The number of carbonyl (C=O) groups is 2. The van der Waals surface area contributed by atoms with Gasteiger partial charge in [-0.25, -0.2) is 0 Å². The minimum atomic E-state index is -0.0497. The van der Waals surface area contributed by atoms with Gasteiger partial charge in [0.1, 0.15) is 0 Å². The molecule has 3 rings (SSSR count). The number of amides is 2. The van der Waals surface area contributed by atoms with E-state index in [2.05, 4.69) is 5.10 Å². The molecule has 2 heterocycles. The molecular weight excluding hydrogens is 316 g/mol. The highest BCUT2D eigenvalue weighted by Crippen LogP contribution is 2.27. The van der Waals surface area contributed by atoms with Crippen LogP contribution in [0.1, 0.15) is 30.4 Å². The van der Waals surface area contributed by atoms with E-state index in [0.717, 1.165) is 17.7 Å². The summed E-state index contributed by atoms with van der Waals surface area (Å²) in [5.74, 6) is 0.176. The molecule has 1 fully saturated rings. The van der Waals surface area contributed by atoms with Crippen molar-refractivity contribution >= 4 is 11.8 Å². The molecule has 1 aliphatic rings. The van der Waals surface area contributed by atoms with E-state index in [0.29, 0.717) is 19.5 Å². The predicted molar refractivity (Wildman–Crippen MR) is 94.8 cm³/mol. The SMILES string of the molecule is CCn1cc(CN(C)C(=O)CN2C[C@H](c3ccccc3)CC2=O)cn1. The molecule has 0 bridgehead atoms. The molecule has 6 nitrogen and oxygen atoms in total. The van der Waals surface area contributed by atoms with Gasteiger partial charge in [0, 0.05) is 50.8 Å². The van der Waals surface area contributed by atoms with E-state index in [1.807, 2.05) is 48.1 Å². The minimum absolute atomic E-state index is 0.0497. The van der Waals surface area contributed by atoms with Crippen LogP contribution in [0.3, 0.4) is 0 Å². The molecule has 0 N–H and O–H groups in total. The smallest absolute Gasteiger partial charge is 0.242 e. The van der Waals surface area contributed by atoms with Crippen LogP contribution < -0.4 is 0 Å². The van der Waals surface area contributed by atoms with E-state index in [1.54, 1.807) is 23.0 Å². The summed E-state index contributed by atoms with van der Waals surface area (Å²) in [5, 5.41) is 4.22. The Hall–Kier alpha value is -2.63. The van der Waals surface area contributed by atoms with Crippen LogP contribution >= 0.6 is 0 Å². The number of likely N-dealkylation sites (tertiary alicyclic amines) is 1. The van der Waals surface area contributed by atoms with Gasteiger partial charge in [0.15, 0.2) is 0 Å². The number of benzene rings is 1. The van der Waals surface area contributed by atoms with Crippen molar-refractivity contribution in [2.45, 2.75) is 32.4 Å². The van der Waals surface area contributed by atoms with Crippen molar-refractivity contribution in [1.29, 1.82) is 0 Å². The fourth-order valence-corrected chi connectivity index (χ4v) is 3.18. The topological polar surface area (TPSA) is 58.4 Å². The maximum absolute atomic E-state index is 12.5. The summed E-state index contributed by atoms with van der Waals surface area (Å²) in [6.07, 6.45) is 4.19. The zero-order valence-corrected chi connectivity index (χ0v) is 14.8. The van der Waals surface area contributed by atoms with Crippen molar-refractivity contribution in [2.24, 2.45) is 0 Å². The standard InChI is InChI=1S/C19H24N4O2/c1-3-23-12-15(10-20-23)11-21(2)19(25)14-22-13-17(9-18(22)24)16-7-5-4-6-8-16/h4-8,10,12,17H,3,9,11,13-14H2,1-2H3/t17-/m1/s1. The Bertz CT molecular complexity index is 741. The first kappa shape index (κ1) is 17.2. The number of hydrogen-bond donors (Lipinski definition) is 0. The fourth-order valence-electron chi connectivity index (χ4n) is 3.18. The second kappa shape index (κ2) is 7.51. The number of carbonyl (C=O) groups excluding carboxylic acids is 2. The molecule has 1 aliphatic heterocycles. The minimum Gasteiger partial charge on any atom is -0.340 e. The first-order valence-corrected chi connectivity index (χ1v) is 8.64. The lowest BCUT2D eigenvalue weighted by Crippen LogP contribution is -2.38. The highest BCUT2D eigenvalue weighted by molar-refractivity contribution is 5.86. The molecule has 2 aromatic rings. The van der Waals surface area contributed by atoms with Gasteiger partial charge in [-0.1, -0.05) is 30.3 Å². The maximum Gasteiger partial charge on any atom is 0.242 e. The van der Waals surface area contributed by atoms with Crippen LogP contribution in [0.2, 0.25) is 0 Å². The molecule has 1 saturated heterocycles. The average molecular weight is 340 g/mol. The molecule has 1 aromatic carbocycles. The van der Waals surface area contributed by atoms with E-state index in [4.69, 9.17) is 0 Å². The van der Waals surface area contributed by atoms with Crippen molar-refractivity contribution in [1.82, 2.24) is 19.6 Å². The highest BCUT2D eigenvalue weighted by Gasteiger charge is 2.32. The zero-order chi connectivity index (χ0) is 17.8. The van der Waals surface area contributed by atoms with Crippen molar-refractivity contribution in [3.8, 4) is 0 Å². The third kappa shape index (κ3) is 4.07. The molecule has 2 amide bonds.